The molecule has 1 aromatic rings. The Morgan fingerprint density at radius 2 is 1.62 bits per heavy atom. The molecule has 8 heteroatoms. The van der Waals surface area contributed by atoms with E-state index in [1.165, 1.54) is 33.5 Å². The number of carbonyl (C=O) groups excluding carboxylic acids is 3. The quantitative estimate of drug-likeness (QED) is 0.661. The molecule has 1 amide bonds. The lowest BCUT2D eigenvalue weighted by Crippen LogP contribution is -2.47. The van der Waals surface area contributed by atoms with Gasteiger partial charge in [0.2, 0.25) is 0 Å². The lowest BCUT2D eigenvalue weighted by molar-refractivity contribution is -0.147. The van der Waals surface area contributed by atoms with Crippen molar-refractivity contribution >= 4 is 17.8 Å². The zero-order valence-corrected chi connectivity index (χ0v) is 15.7. The first kappa shape index (κ1) is 21.3. The SMILES string of the molecule is CC[C@@H](C)[C@H](NC(=O)COC(=O)c1cc(OC)cc(OC)c1)C(=O)OC. The highest BCUT2D eigenvalue weighted by Gasteiger charge is 2.27. The second kappa shape index (κ2) is 10.3. The fourth-order valence-electron chi connectivity index (χ4n) is 2.15. The van der Waals surface area contributed by atoms with E-state index in [0.29, 0.717) is 17.9 Å². The molecule has 0 aliphatic rings. The van der Waals surface area contributed by atoms with E-state index in [2.05, 4.69) is 5.32 Å². The Kier molecular flexibility index (Phi) is 8.41. The van der Waals surface area contributed by atoms with Gasteiger partial charge in [0.25, 0.3) is 5.91 Å². The minimum Gasteiger partial charge on any atom is -0.497 e. The van der Waals surface area contributed by atoms with Crippen LogP contribution >= 0.6 is 0 Å². The standard InChI is InChI=1S/C18H25NO7/c1-6-11(2)16(18(22)25-5)19-15(20)10-26-17(21)12-7-13(23-3)9-14(8-12)24-4/h7-9,11,16H,6,10H2,1-5H3,(H,19,20)/t11-,16+/m1/s1. The van der Waals surface area contributed by atoms with Gasteiger partial charge in [-0.05, 0) is 18.1 Å². The molecule has 0 radical (unpaired) electrons. The van der Waals surface area contributed by atoms with Gasteiger partial charge in [-0.2, -0.15) is 0 Å². The Balaban J connectivity index is 2.71. The number of hydrogen-bond donors (Lipinski definition) is 1. The molecule has 0 aromatic heterocycles. The molecular weight excluding hydrogens is 342 g/mol. The minimum absolute atomic E-state index is 0.121. The third kappa shape index (κ3) is 5.94. The maximum Gasteiger partial charge on any atom is 0.338 e. The predicted octanol–water partition coefficient (Wildman–Crippen LogP) is 1.56. The average molecular weight is 367 g/mol. The van der Waals surface area contributed by atoms with Gasteiger partial charge in [-0.25, -0.2) is 9.59 Å². The Morgan fingerprint density at radius 3 is 2.08 bits per heavy atom. The summed E-state index contributed by atoms with van der Waals surface area (Å²) in [6.07, 6.45) is 0.670. The summed E-state index contributed by atoms with van der Waals surface area (Å²) >= 11 is 0. The molecule has 8 nitrogen and oxygen atoms in total. The largest absolute Gasteiger partial charge is 0.497 e. The van der Waals surface area contributed by atoms with Crippen LogP contribution in [0.25, 0.3) is 0 Å². The highest BCUT2D eigenvalue weighted by Crippen LogP contribution is 2.23. The average Bonchev–Trinajstić information content (AvgIpc) is 2.68. The van der Waals surface area contributed by atoms with E-state index in [9.17, 15) is 14.4 Å². The van der Waals surface area contributed by atoms with Crippen molar-refractivity contribution in [3.8, 4) is 11.5 Å². The lowest BCUT2D eigenvalue weighted by Gasteiger charge is -2.21. The van der Waals surface area contributed by atoms with Crippen LogP contribution in [0.2, 0.25) is 0 Å². The summed E-state index contributed by atoms with van der Waals surface area (Å²) < 4.78 is 19.9. The third-order valence-electron chi connectivity index (χ3n) is 3.91. The number of amides is 1. The maximum atomic E-state index is 12.1. The van der Waals surface area contributed by atoms with Gasteiger partial charge in [0.05, 0.1) is 26.9 Å². The van der Waals surface area contributed by atoms with Crippen LogP contribution in [-0.2, 0) is 19.1 Å². The molecule has 26 heavy (non-hydrogen) atoms. The van der Waals surface area contributed by atoms with Crippen LogP contribution < -0.4 is 14.8 Å². The van der Waals surface area contributed by atoms with E-state index >= 15 is 0 Å². The first-order chi connectivity index (χ1) is 12.4. The molecule has 0 unspecified atom stereocenters. The highest BCUT2D eigenvalue weighted by molar-refractivity contribution is 5.92. The highest BCUT2D eigenvalue weighted by atomic mass is 16.5. The van der Waals surface area contributed by atoms with E-state index < -0.39 is 30.5 Å². The fraction of sp³-hybridized carbons (Fsp3) is 0.500. The first-order valence-electron chi connectivity index (χ1n) is 8.13. The van der Waals surface area contributed by atoms with E-state index in [1.807, 2.05) is 13.8 Å². The van der Waals surface area contributed by atoms with Crippen molar-refractivity contribution in [1.82, 2.24) is 5.32 Å². The molecule has 1 rings (SSSR count). The summed E-state index contributed by atoms with van der Waals surface area (Å²) in [6, 6.07) is 3.75. The number of ether oxygens (including phenoxy) is 4. The number of rotatable bonds is 9. The van der Waals surface area contributed by atoms with Crippen molar-refractivity contribution in [1.29, 1.82) is 0 Å². The number of carbonyl (C=O) groups is 3. The van der Waals surface area contributed by atoms with Gasteiger partial charge in [0.15, 0.2) is 6.61 Å². The smallest absolute Gasteiger partial charge is 0.338 e. The Bertz CT molecular complexity index is 622. The van der Waals surface area contributed by atoms with Crippen molar-refractivity contribution < 1.29 is 33.3 Å². The van der Waals surface area contributed by atoms with Gasteiger partial charge in [0.1, 0.15) is 17.5 Å². The van der Waals surface area contributed by atoms with Gasteiger partial charge in [-0.1, -0.05) is 20.3 Å². The van der Waals surface area contributed by atoms with Crippen LogP contribution in [-0.4, -0.2) is 51.8 Å². The van der Waals surface area contributed by atoms with Crippen LogP contribution in [0.4, 0.5) is 0 Å². The second-order valence-corrected chi connectivity index (χ2v) is 5.63. The molecule has 0 saturated carbocycles. The molecule has 1 aromatic carbocycles. The molecular formula is C18H25NO7. The predicted molar refractivity (Wildman–Crippen MR) is 93.2 cm³/mol. The maximum absolute atomic E-state index is 12.1. The number of nitrogens with one attached hydrogen (secondary N) is 1. The molecule has 0 saturated heterocycles. The second-order valence-electron chi connectivity index (χ2n) is 5.63. The van der Waals surface area contributed by atoms with Gasteiger partial charge in [-0.15, -0.1) is 0 Å². The van der Waals surface area contributed by atoms with E-state index in [1.54, 1.807) is 6.07 Å². The number of benzene rings is 1. The molecule has 0 aliphatic heterocycles. The minimum atomic E-state index is -0.798. The van der Waals surface area contributed by atoms with Gasteiger partial charge in [0, 0.05) is 6.07 Å². The Hall–Kier alpha value is -2.77. The molecule has 0 bridgehead atoms. The van der Waals surface area contributed by atoms with Crippen LogP contribution in [0.3, 0.4) is 0 Å². The number of esters is 2. The van der Waals surface area contributed by atoms with Crippen LogP contribution in [0.5, 0.6) is 11.5 Å². The van der Waals surface area contributed by atoms with Gasteiger partial charge in [-0.3, -0.25) is 4.79 Å². The van der Waals surface area contributed by atoms with Crippen molar-refractivity contribution in [2.45, 2.75) is 26.3 Å². The van der Waals surface area contributed by atoms with Crippen molar-refractivity contribution in [2.24, 2.45) is 5.92 Å². The van der Waals surface area contributed by atoms with Gasteiger partial charge >= 0.3 is 11.9 Å². The van der Waals surface area contributed by atoms with Crippen molar-refractivity contribution in [2.75, 3.05) is 27.9 Å². The van der Waals surface area contributed by atoms with Crippen LogP contribution in [0.1, 0.15) is 30.6 Å². The summed E-state index contributed by atoms with van der Waals surface area (Å²) in [7, 11) is 4.17. The zero-order chi connectivity index (χ0) is 19.7. The third-order valence-corrected chi connectivity index (χ3v) is 3.91. The first-order valence-corrected chi connectivity index (χ1v) is 8.13. The van der Waals surface area contributed by atoms with Crippen molar-refractivity contribution in [3.63, 3.8) is 0 Å². The summed E-state index contributed by atoms with van der Waals surface area (Å²) in [5, 5.41) is 2.53. The van der Waals surface area contributed by atoms with Crippen LogP contribution in [0, 0.1) is 5.92 Å². The summed E-state index contributed by atoms with van der Waals surface area (Å²) in [4.78, 5) is 36.0. The molecule has 1 N–H and O–H groups in total. The topological polar surface area (TPSA) is 100 Å². The molecule has 0 heterocycles. The molecule has 0 spiro atoms. The summed E-state index contributed by atoms with van der Waals surface area (Å²) in [6.45, 7) is 3.18. The van der Waals surface area contributed by atoms with E-state index in [0.717, 1.165) is 0 Å². The van der Waals surface area contributed by atoms with Crippen LogP contribution in [0.15, 0.2) is 18.2 Å². The lowest BCUT2D eigenvalue weighted by atomic mass is 9.99. The Morgan fingerprint density at radius 1 is 1.04 bits per heavy atom. The van der Waals surface area contributed by atoms with Crippen molar-refractivity contribution in [3.05, 3.63) is 23.8 Å². The van der Waals surface area contributed by atoms with E-state index in [-0.39, 0.29) is 11.5 Å². The fourth-order valence-corrected chi connectivity index (χ4v) is 2.15. The molecule has 2 atom stereocenters. The number of methoxy groups -OCH3 is 3. The zero-order valence-electron chi connectivity index (χ0n) is 15.7. The summed E-state index contributed by atoms with van der Waals surface area (Å²) in [5.41, 5.74) is 0.181. The normalized spacial score (nSPS) is 12.5. The summed E-state index contributed by atoms with van der Waals surface area (Å²) in [5.74, 6) is -1.13. The van der Waals surface area contributed by atoms with Gasteiger partial charge < -0.3 is 24.3 Å². The Labute approximate surface area is 152 Å². The molecule has 0 aliphatic carbocycles. The number of hydrogen-bond acceptors (Lipinski definition) is 7. The molecule has 0 fully saturated rings. The van der Waals surface area contributed by atoms with E-state index in [4.69, 9.17) is 18.9 Å². The monoisotopic (exact) mass is 367 g/mol. The molecule has 144 valence electrons.